The lowest BCUT2D eigenvalue weighted by Crippen LogP contribution is -2.36. The minimum absolute atomic E-state index is 0.0663. The highest BCUT2D eigenvalue weighted by Gasteiger charge is 2.54. The van der Waals surface area contributed by atoms with Crippen molar-refractivity contribution >= 4 is 35.3 Å². The van der Waals surface area contributed by atoms with E-state index in [1.54, 1.807) is 0 Å². The van der Waals surface area contributed by atoms with Gasteiger partial charge in [0.2, 0.25) is 0 Å². The number of esters is 1. The Morgan fingerprint density at radius 3 is 2.22 bits per heavy atom. The summed E-state index contributed by atoms with van der Waals surface area (Å²) in [7, 11) is -16.9. The van der Waals surface area contributed by atoms with Crippen molar-refractivity contribution in [2.45, 2.75) is 30.5 Å². The summed E-state index contributed by atoms with van der Waals surface area (Å²) in [4.78, 5) is 90.1. The van der Waals surface area contributed by atoms with Gasteiger partial charge in [-0.25, -0.2) is 23.3 Å². The highest BCUT2D eigenvalue weighted by molar-refractivity contribution is 7.66. The van der Waals surface area contributed by atoms with E-state index in [-0.39, 0.29) is 58.2 Å². The lowest BCUT2D eigenvalue weighted by Gasteiger charge is -2.36. The minimum Gasteiger partial charge on any atom is -0.508 e. The van der Waals surface area contributed by atoms with Gasteiger partial charge in [0.25, 0.3) is 11.5 Å². The Morgan fingerprint density at radius 1 is 0.915 bits per heavy atom. The Bertz CT molecular complexity index is 2700. The molecule has 4 aromatic rings. The summed E-state index contributed by atoms with van der Waals surface area (Å²) in [6.45, 7) is -1.27. The first-order valence-corrected chi connectivity index (χ1v) is 21.1. The number of fused-ring (bicyclic) bond motifs is 6. The molecule has 26 heteroatoms. The number of aromatic nitrogens is 2. The molecule has 310 valence electrons. The average molecular weight is 880 g/mol. The Balaban J connectivity index is 1.05. The first-order valence-electron chi connectivity index (χ1n) is 16.6. The van der Waals surface area contributed by atoms with E-state index in [1.165, 1.54) is 54.6 Å². The molecule has 1 saturated heterocycles. The monoisotopic (exact) mass is 879 g/mol. The molecule has 0 aliphatic carbocycles. The van der Waals surface area contributed by atoms with Crippen LogP contribution in [0.1, 0.15) is 55.6 Å². The second-order valence-corrected chi connectivity index (χ2v) is 17.2. The fourth-order valence-electron chi connectivity index (χ4n) is 6.54. The van der Waals surface area contributed by atoms with Crippen LogP contribution < -0.4 is 21.3 Å². The number of phenolic OH excluding ortho intramolecular Hbond substituents is 2. The van der Waals surface area contributed by atoms with E-state index in [1.807, 2.05) is 4.98 Å². The van der Waals surface area contributed by atoms with E-state index >= 15 is 0 Å². The first kappa shape index (κ1) is 41.7. The van der Waals surface area contributed by atoms with Gasteiger partial charge >= 0.3 is 35.1 Å². The Hall–Kier alpha value is -5.43. The third-order valence-corrected chi connectivity index (χ3v) is 12.6. The zero-order valence-corrected chi connectivity index (χ0v) is 32.0. The number of ether oxygens (including phenoxy) is 3. The van der Waals surface area contributed by atoms with Gasteiger partial charge in [-0.1, -0.05) is 11.8 Å². The number of benzene rings is 3. The first-order chi connectivity index (χ1) is 27.6. The number of H-pyrrole nitrogens is 1. The van der Waals surface area contributed by atoms with Crippen molar-refractivity contribution in [3.8, 4) is 34.8 Å². The number of aliphatic hydroxyl groups is 1. The number of carbonyl (C=O) groups is 2. The van der Waals surface area contributed by atoms with Gasteiger partial charge in [-0.2, -0.15) is 8.62 Å². The smallest absolute Gasteiger partial charge is 0.490 e. The van der Waals surface area contributed by atoms with Crippen LogP contribution in [-0.4, -0.2) is 81.7 Å². The molecule has 0 bridgehead atoms. The maximum Gasteiger partial charge on any atom is 0.490 e. The number of hydrogen-bond acceptors (Lipinski definition) is 16. The molecule has 1 fully saturated rings. The molecule has 0 saturated carbocycles. The summed E-state index contributed by atoms with van der Waals surface area (Å²) in [5, 5.41) is 33.4. The third kappa shape index (κ3) is 8.53. The predicted octanol–water partition coefficient (Wildman–Crippen LogP) is 1.29. The molecular formula is C33H28N3O20P3. The maximum atomic E-state index is 13.4. The number of amides is 1. The molecule has 23 nitrogen and oxygen atoms in total. The highest BCUT2D eigenvalue weighted by Crippen LogP contribution is 2.66. The molecule has 1 spiro atoms. The molecular weight excluding hydrogens is 851 g/mol. The number of phosphoric ester groups is 1. The molecule has 2 unspecified atom stereocenters. The van der Waals surface area contributed by atoms with E-state index in [2.05, 4.69) is 30.3 Å². The minimum atomic E-state index is -5.79. The van der Waals surface area contributed by atoms with E-state index in [4.69, 9.17) is 24.0 Å². The van der Waals surface area contributed by atoms with Crippen LogP contribution in [0.3, 0.4) is 0 Å². The topological polar surface area (TPSA) is 349 Å². The predicted molar refractivity (Wildman–Crippen MR) is 193 cm³/mol. The van der Waals surface area contributed by atoms with Gasteiger partial charge in [0.15, 0.2) is 11.8 Å². The fourth-order valence-corrected chi connectivity index (χ4v) is 9.59. The molecule has 1 aromatic heterocycles. The van der Waals surface area contributed by atoms with Crippen molar-refractivity contribution < 1.29 is 85.5 Å². The van der Waals surface area contributed by atoms with Crippen LogP contribution in [0.25, 0.3) is 0 Å². The second-order valence-electron chi connectivity index (χ2n) is 12.8. The molecule has 7 rings (SSSR count). The van der Waals surface area contributed by atoms with Crippen LogP contribution >= 0.6 is 23.5 Å². The summed E-state index contributed by atoms with van der Waals surface area (Å²) in [5.74, 6) is 3.66. The Kier molecular flexibility index (Phi) is 10.8. The molecule has 9 N–H and O–H groups in total. The summed E-state index contributed by atoms with van der Waals surface area (Å²) in [6, 6.07) is 12.6. The van der Waals surface area contributed by atoms with E-state index in [0.717, 1.165) is 10.8 Å². The molecule has 59 heavy (non-hydrogen) atoms. The Morgan fingerprint density at radius 2 is 1.58 bits per heavy atom. The number of phosphoric acid groups is 3. The Labute approximate surface area is 328 Å². The molecule has 4 heterocycles. The lowest BCUT2D eigenvalue weighted by molar-refractivity contribution is -0.0524. The van der Waals surface area contributed by atoms with Gasteiger partial charge < -0.3 is 54.4 Å². The largest absolute Gasteiger partial charge is 0.508 e. The third-order valence-electron chi connectivity index (χ3n) is 8.84. The number of nitrogens with one attached hydrogen (secondary N) is 2. The van der Waals surface area contributed by atoms with Gasteiger partial charge in [-0.3, -0.25) is 23.7 Å². The summed E-state index contributed by atoms with van der Waals surface area (Å²) in [5.41, 5.74) is -2.82. The summed E-state index contributed by atoms with van der Waals surface area (Å²) >= 11 is 0. The van der Waals surface area contributed by atoms with Crippen LogP contribution in [0.4, 0.5) is 0 Å². The van der Waals surface area contributed by atoms with Crippen molar-refractivity contribution in [2.24, 2.45) is 0 Å². The molecule has 3 aromatic carbocycles. The van der Waals surface area contributed by atoms with E-state index in [9.17, 15) is 58.0 Å². The average Bonchev–Trinajstić information content (AvgIpc) is 3.64. The van der Waals surface area contributed by atoms with E-state index < -0.39 is 77.2 Å². The van der Waals surface area contributed by atoms with Crippen LogP contribution in [-0.2, 0) is 41.9 Å². The van der Waals surface area contributed by atoms with Crippen LogP contribution in [0.5, 0.6) is 23.0 Å². The zero-order chi connectivity index (χ0) is 42.7. The van der Waals surface area contributed by atoms with Crippen molar-refractivity contribution in [3.05, 3.63) is 115 Å². The summed E-state index contributed by atoms with van der Waals surface area (Å²) < 4.78 is 64.4. The van der Waals surface area contributed by atoms with Gasteiger partial charge in [-0.05, 0) is 42.5 Å². The van der Waals surface area contributed by atoms with Crippen molar-refractivity contribution in [1.29, 1.82) is 0 Å². The lowest BCUT2D eigenvalue weighted by atomic mass is 9.77. The molecule has 0 radical (unpaired) electrons. The number of nitrogens with zero attached hydrogens (tertiary/aromatic N) is 1. The highest BCUT2D eigenvalue weighted by atomic mass is 31.3. The van der Waals surface area contributed by atoms with Crippen molar-refractivity contribution in [3.63, 3.8) is 0 Å². The second kappa shape index (κ2) is 15.3. The number of phenols is 2. The molecule has 3 aliphatic heterocycles. The van der Waals surface area contributed by atoms with Gasteiger partial charge in [0, 0.05) is 47.0 Å². The molecule has 3 aliphatic rings. The van der Waals surface area contributed by atoms with Crippen molar-refractivity contribution in [1.82, 2.24) is 14.9 Å². The number of aliphatic hydroxyl groups excluding tert-OH is 1. The number of rotatable bonds is 10. The van der Waals surface area contributed by atoms with Gasteiger partial charge in [0.05, 0.1) is 24.8 Å². The molecule has 5 atom stereocenters. The number of carbonyl (C=O) groups excluding carboxylic acids is 2. The number of hydrogen-bond donors (Lipinski definition) is 9. The zero-order valence-electron chi connectivity index (χ0n) is 29.4. The number of aromatic hydroxyl groups is 2. The maximum absolute atomic E-state index is 13.4. The summed E-state index contributed by atoms with van der Waals surface area (Å²) in [6.07, 6.45) is -3.72. The normalized spacial score (nSPS) is 20.8. The van der Waals surface area contributed by atoms with Crippen LogP contribution in [0.15, 0.2) is 70.4 Å². The van der Waals surface area contributed by atoms with Crippen molar-refractivity contribution in [2.75, 3.05) is 13.2 Å². The quantitative estimate of drug-likeness (QED) is 0.0615. The van der Waals surface area contributed by atoms with Crippen LogP contribution in [0, 0.1) is 11.8 Å². The van der Waals surface area contributed by atoms with E-state index in [0.29, 0.717) is 11.1 Å². The van der Waals surface area contributed by atoms with Crippen LogP contribution in [0.2, 0.25) is 0 Å². The SMILES string of the molecule is O=C(NCC#Cc1cn([C@@H]2O[C@H](COP(=O)(O)OP(=O)(O)OP(=O)(O)O)C[C@H]2O)c(=O)[nH]c1=O)c1ccc2c(c1)C1(OC2=O)c2ccc(O)cc2Oc2cc(O)ccc21. The number of aromatic amines is 1. The standard InChI is InChI=1S/C33H28N3O20P3/c37-18-4-7-22-26(11-18)53-27-12-19(38)5-8-23(27)33(22)24-10-16(3-6-21(24)31(42)54-33)28(40)34-9-1-2-17-14-36(32(43)35-29(17)41)30-25(39)13-20(52-30)15-51-58(47,48)56-59(49,50)55-57(44,45)46/h3-8,10-12,14,20,25,30,37-39H,9,13,15H2,(H,34,40)(H,47,48)(H,49,50)(H,35,41,43)(H2,44,45,46)/t20-,25+,30+/m0/s1. The van der Waals surface area contributed by atoms with Gasteiger partial charge in [0.1, 0.15) is 34.7 Å². The fraction of sp³-hybridized carbons (Fsp3) is 0.212. The van der Waals surface area contributed by atoms with Gasteiger partial charge in [-0.15, -0.1) is 0 Å². The molecule has 1 amide bonds.